The minimum atomic E-state index is -4.53. The molecule has 0 aliphatic rings. The molecule has 0 aliphatic carbocycles. The fourth-order valence-corrected chi connectivity index (χ4v) is 2.96. The number of amides is 1. The van der Waals surface area contributed by atoms with E-state index in [1.165, 1.54) is 0 Å². The predicted octanol–water partition coefficient (Wildman–Crippen LogP) is 3.16. The highest BCUT2D eigenvalue weighted by Gasteiger charge is 2.31. The molecule has 1 amide bonds. The number of hydrogen-bond acceptors (Lipinski definition) is 3. The number of carbonyl (C=O) groups excluding carboxylic acids is 1. The van der Waals surface area contributed by atoms with Crippen molar-refractivity contribution in [3.05, 3.63) is 68.8 Å². The molecule has 2 aromatic rings. The Hall–Kier alpha value is -2.14. The van der Waals surface area contributed by atoms with Gasteiger partial charge in [-0.15, -0.1) is 0 Å². The molecule has 0 spiro atoms. The lowest BCUT2D eigenvalue weighted by Gasteiger charge is -2.18. The van der Waals surface area contributed by atoms with Crippen LogP contribution in [0.15, 0.2) is 48.5 Å². The van der Waals surface area contributed by atoms with Crippen molar-refractivity contribution in [2.75, 3.05) is 0 Å². The normalized spacial score (nSPS) is 13.7. The molecule has 0 aliphatic heterocycles. The average molecular weight is 493 g/mol. The Bertz CT molecular complexity index is 824. The van der Waals surface area contributed by atoms with Crippen LogP contribution in [-0.2, 0) is 22.2 Å². The van der Waals surface area contributed by atoms with Gasteiger partial charge < -0.3 is 15.5 Å². The van der Waals surface area contributed by atoms with Crippen molar-refractivity contribution in [3.8, 4) is 0 Å². The van der Waals surface area contributed by atoms with Gasteiger partial charge in [-0.2, -0.15) is 13.2 Å². The summed E-state index contributed by atoms with van der Waals surface area (Å²) in [4.78, 5) is 23.6. The second-order valence-electron chi connectivity index (χ2n) is 5.76. The Morgan fingerprint density at radius 1 is 1.11 bits per heavy atom. The highest BCUT2D eigenvalue weighted by atomic mass is 127. The molecule has 2 aromatic carbocycles. The molecule has 27 heavy (non-hydrogen) atoms. The number of carbonyl (C=O) groups is 2. The van der Waals surface area contributed by atoms with Crippen molar-refractivity contribution in [3.63, 3.8) is 0 Å². The third-order valence-corrected chi connectivity index (χ3v) is 4.42. The van der Waals surface area contributed by atoms with E-state index in [0.29, 0.717) is 5.56 Å². The smallest absolute Gasteiger partial charge is 0.416 e. The molecule has 144 valence electrons. The third-order valence-electron chi connectivity index (χ3n) is 3.75. The SMILES string of the molecule is O=C(O)[C@@H](Cc1cccc(I)c1)NC(=O)[C@H](O)c1ccc(C(F)(F)F)cc1. The van der Waals surface area contributed by atoms with E-state index in [1.807, 2.05) is 6.07 Å². The van der Waals surface area contributed by atoms with Crippen molar-refractivity contribution < 1.29 is 33.0 Å². The summed E-state index contributed by atoms with van der Waals surface area (Å²) >= 11 is 2.07. The van der Waals surface area contributed by atoms with Crippen LogP contribution in [0.25, 0.3) is 0 Å². The number of aliphatic hydroxyl groups is 1. The number of nitrogens with one attached hydrogen (secondary N) is 1. The molecule has 0 aromatic heterocycles. The van der Waals surface area contributed by atoms with E-state index in [9.17, 15) is 33.0 Å². The number of aliphatic hydroxyl groups excluding tert-OH is 1. The molecule has 0 radical (unpaired) electrons. The summed E-state index contributed by atoms with van der Waals surface area (Å²) in [6.07, 6.45) is -6.32. The van der Waals surface area contributed by atoms with E-state index < -0.39 is 35.8 Å². The zero-order valence-electron chi connectivity index (χ0n) is 13.7. The molecular weight excluding hydrogens is 478 g/mol. The van der Waals surface area contributed by atoms with E-state index in [4.69, 9.17) is 0 Å². The van der Waals surface area contributed by atoms with Crippen LogP contribution in [0.2, 0.25) is 0 Å². The zero-order chi connectivity index (χ0) is 20.2. The van der Waals surface area contributed by atoms with Crippen molar-refractivity contribution in [2.24, 2.45) is 0 Å². The molecule has 0 fully saturated rings. The summed E-state index contributed by atoms with van der Waals surface area (Å²) in [6.45, 7) is 0. The van der Waals surface area contributed by atoms with Crippen molar-refractivity contribution in [1.82, 2.24) is 5.32 Å². The fourth-order valence-electron chi connectivity index (χ4n) is 2.36. The van der Waals surface area contributed by atoms with Gasteiger partial charge in [0.05, 0.1) is 5.56 Å². The number of halogens is 4. The second-order valence-corrected chi connectivity index (χ2v) is 7.00. The van der Waals surface area contributed by atoms with Crippen LogP contribution in [0.3, 0.4) is 0 Å². The fraction of sp³-hybridized carbons (Fsp3) is 0.222. The lowest BCUT2D eigenvalue weighted by atomic mass is 10.0. The van der Waals surface area contributed by atoms with Gasteiger partial charge in [-0.3, -0.25) is 4.79 Å². The Morgan fingerprint density at radius 3 is 2.26 bits per heavy atom. The Morgan fingerprint density at radius 2 is 1.74 bits per heavy atom. The summed E-state index contributed by atoms with van der Waals surface area (Å²) in [5.41, 5.74) is -0.307. The van der Waals surface area contributed by atoms with E-state index in [2.05, 4.69) is 27.9 Å². The van der Waals surface area contributed by atoms with Gasteiger partial charge in [0.25, 0.3) is 5.91 Å². The van der Waals surface area contributed by atoms with E-state index in [0.717, 1.165) is 27.8 Å². The molecule has 2 atom stereocenters. The van der Waals surface area contributed by atoms with Crippen LogP contribution in [0.1, 0.15) is 22.8 Å². The van der Waals surface area contributed by atoms with Crippen molar-refractivity contribution in [2.45, 2.75) is 24.7 Å². The molecular formula is C18H15F3INO4. The highest BCUT2D eigenvalue weighted by Crippen LogP contribution is 2.30. The summed E-state index contributed by atoms with van der Waals surface area (Å²) in [7, 11) is 0. The first-order valence-corrected chi connectivity index (χ1v) is 8.78. The minimum absolute atomic E-state index is 0.00233. The van der Waals surface area contributed by atoms with Crippen LogP contribution in [-0.4, -0.2) is 28.1 Å². The topological polar surface area (TPSA) is 86.6 Å². The molecule has 0 bridgehead atoms. The first-order valence-electron chi connectivity index (χ1n) is 7.71. The molecule has 0 saturated carbocycles. The van der Waals surface area contributed by atoms with E-state index in [1.54, 1.807) is 18.2 Å². The molecule has 0 heterocycles. The van der Waals surface area contributed by atoms with Gasteiger partial charge >= 0.3 is 12.1 Å². The maximum atomic E-state index is 12.6. The highest BCUT2D eigenvalue weighted by molar-refractivity contribution is 14.1. The Labute approximate surface area is 166 Å². The minimum Gasteiger partial charge on any atom is -0.480 e. The summed E-state index contributed by atoms with van der Waals surface area (Å²) in [5, 5.41) is 21.6. The van der Waals surface area contributed by atoms with Crippen molar-refractivity contribution in [1.29, 1.82) is 0 Å². The number of carboxylic acids is 1. The van der Waals surface area contributed by atoms with Gasteiger partial charge in [0.1, 0.15) is 6.04 Å². The largest absolute Gasteiger partial charge is 0.480 e. The first kappa shape index (κ1) is 21.2. The molecule has 9 heteroatoms. The summed E-state index contributed by atoms with van der Waals surface area (Å²) in [6, 6.07) is 9.18. The van der Waals surface area contributed by atoms with Crippen LogP contribution >= 0.6 is 22.6 Å². The summed E-state index contributed by atoms with van der Waals surface area (Å²) in [5.74, 6) is -2.30. The van der Waals surface area contributed by atoms with Crippen LogP contribution in [0.4, 0.5) is 13.2 Å². The molecule has 3 N–H and O–H groups in total. The summed E-state index contributed by atoms with van der Waals surface area (Å²) < 4.78 is 38.6. The number of benzene rings is 2. The standard InChI is InChI=1S/C18H15F3INO4/c19-18(20,21)12-6-4-11(5-7-12)15(24)16(25)23-14(17(26)27)9-10-2-1-3-13(22)8-10/h1-8,14-15,24H,9H2,(H,23,25)(H,26,27)/t14-,15-/m1/s1. The van der Waals surface area contributed by atoms with Gasteiger partial charge in [0.2, 0.25) is 0 Å². The van der Waals surface area contributed by atoms with E-state index >= 15 is 0 Å². The monoisotopic (exact) mass is 493 g/mol. The molecule has 0 unspecified atom stereocenters. The van der Waals surface area contributed by atoms with E-state index in [-0.39, 0.29) is 12.0 Å². The lowest BCUT2D eigenvalue weighted by Crippen LogP contribution is -2.44. The maximum absolute atomic E-state index is 12.6. The quantitative estimate of drug-likeness (QED) is 0.540. The molecule has 0 saturated heterocycles. The van der Waals surface area contributed by atoms with Gasteiger partial charge in [0, 0.05) is 9.99 Å². The zero-order valence-corrected chi connectivity index (χ0v) is 15.9. The number of alkyl halides is 3. The number of carboxylic acid groups (broad SMARTS) is 1. The second kappa shape index (κ2) is 8.70. The van der Waals surface area contributed by atoms with Gasteiger partial charge in [-0.1, -0.05) is 24.3 Å². The first-order chi connectivity index (χ1) is 12.6. The van der Waals surface area contributed by atoms with Crippen LogP contribution in [0.5, 0.6) is 0 Å². The third kappa shape index (κ3) is 5.93. The predicted molar refractivity (Wildman–Crippen MR) is 98.8 cm³/mol. The van der Waals surface area contributed by atoms with Crippen molar-refractivity contribution >= 4 is 34.5 Å². The van der Waals surface area contributed by atoms with Gasteiger partial charge in [-0.05, 0) is 58.0 Å². The van der Waals surface area contributed by atoms with Gasteiger partial charge in [0.15, 0.2) is 6.10 Å². The maximum Gasteiger partial charge on any atom is 0.416 e. The molecule has 2 rings (SSSR count). The number of aliphatic carboxylic acids is 1. The average Bonchev–Trinajstić information content (AvgIpc) is 2.59. The van der Waals surface area contributed by atoms with Crippen LogP contribution < -0.4 is 5.32 Å². The number of rotatable bonds is 6. The Balaban J connectivity index is 2.09. The van der Waals surface area contributed by atoms with Crippen LogP contribution in [0, 0.1) is 3.57 Å². The van der Waals surface area contributed by atoms with Gasteiger partial charge in [-0.25, -0.2) is 4.79 Å². The molecule has 5 nitrogen and oxygen atoms in total. The lowest BCUT2D eigenvalue weighted by molar-refractivity contribution is -0.143. The number of hydrogen-bond donors (Lipinski definition) is 3. The Kier molecular flexibility index (Phi) is 6.82.